The topological polar surface area (TPSA) is 73.9 Å². The number of aromatic amines is 1. The maximum absolute atomic E-state index is 12.4. The van der Waals surface area contributed by atoms with Crippen LogP contribution in [-0.4, -0.2) is 38.5 Å². The molecule has 2 N–H and O–H groups in total. The Kier molecular flexibility index (Phi) is 4.38. The lowest BCUT2D eigenvalue weighted by atomic mass is 10.1. The zero-order valence-corrected chi connectivity index (χ0v) is 14.3. The number of benzene rings is 1. The van der Waals surface area contributed by atoms with Gasteiger partial charge in [-0.3, -0.25) is 4.79 Å². The summed E-state index contributed by atoms with van der Waals surface area (Å²) >= 11 is 6.13. The van der Waals surface area contributed by atoms with Gasteiger partial charge in [0.25, 0.3) is 5.56 Å². The van der Waals surface area contributed by atoms with Crippen molar-refractivity contribution in [3.8, 4) is 11.1 Å². The first-order chi connectivity index (χ1) is 12.2. The highest BCUT2D eigenvalue weighted by atomic mass is 35.5. The quantitative estimate of drug-likeness (QED) is 0.706. The summed E-state index contributed by atoms with van der Waals surface area (Å²) in [4.78, 5) is 23.9. The van der Waals surface area contributed by atoms with Gasteiger partial charge in [0.05, 0.1) is 5.39 Å². The van der Waals surface area contributed by atoms with Gasteiger partial charge in [0.2, 0.25) is 0 Å². The number of H-pyrrole nitrogens is 1. The van der Waals surface area contributed by atoms with Crippen LogP contribution in [0, 0.1) is 0 Å². The Morgan fingerprint density at radius 1 is 1.24 bits per heavy atom. The molecule has 7 heteroatoms. The van der Waals surface area contributed by atoms with E-state index < -0.39 is 0 Å². The van der Waals surface area contributed by atoms with Crippen molar-refractivity contribution in [1.29, 1.82) is 0 Å². The van der Waals surface area contributed by atoms with Crippen LogP contribution in [0.1, 0.15) is 12.8 Å². The van der Waals surface area contributed by atoms with Crippen molar-refractivity contribution in [2.45, 2.75) is 18.9 Å². The molecule has 0 radical (unpaired) electrons. The summed E-state index contributed by atoms with van der Waals surface area (Å²) in [5.74, 6) is 0.718. The molecule has 0 spiro atoms. The SMILES string of the molecule is O=c1[nH]c2ncnc(N[C@@H]3CCCN(Cl)C3)c2cc1-c1ccccc1. The second-order valence-corrected chi connectivity index (χ2v) is 6.69. The van der Waals surface area contributed by atoms with E-state index in [9.17, 15) is 4.79 Å². The third kappa shape index (κ3) is 3.36. The lowest BCUT2D eigenvalue weighted by Gasteiger charge is -2.28. The first kappa shape index (κ1) is 16.1. The Labute approximate surface area is 150 Å². The van der Waals surface area contributed by atoms with Crippen molar-refractivity contribution in [3.63, 3.8) is 0 Å². The molecular weight excluding hydrogens is 338 g/mol. The van der Waals surface area contributed by atoms with Gasteiger partial charge in [0, 0.05) is 24.7 Å². The van der Waals surface area contributed by atoms with Crippen LogP contribution in [-0.2, 0) is 0 Å². The fourth-order valence-electron chi connectivity index (χ4n) is 3.21. The van der Waals surface area contributed by atoms with Gasteiger partial charge >= 0.3 is 0 Å². The van der Waals surface area contributed by atoms with Gasteiger partial charge in [-0.25, -0.2) is 14.4 Å². The number of piperidine rings is 1. The van der Waals surface area contributed by atoms with E-state index in [-0.39, 0.29) is 11.6 Å². The number of aromatic nitrogens is 3. The lowest BCUT2D eigenvalue weighted by molar-refractivity contribution is 0.345. The average Bonchev–Trinajstić information content (AvgIpc) is 2.62. The highest BCUT2D eigenvalue weighted by Crippen LogP contribution is 2.24. The van der Waals surface area contributed by atoms with Crippen molar-refractivity contribution in [1.82, 2.24) is 19.4 Å². The molecule has 3 aromatic rings. The van der Waals surface area contributed by atoms with Crippen molar-refractivity contribution >= 4 is 28.6 Å². The molecule has 1 aromatic carbocycles. The molecule has 2 aromatic heterocycles. The minimum atomic E-state index is -0.159. The summed E-state index contributed by atoms with van der Waals surface area (Å²) in [6.45, 7) is 1.65. The zero-order valence-electron chi connectivity index (χ0n) is 13.6. The van der Waals surface area contributed by atoms with E-state index in [0.29, 0.717) is 11.2 Å². The maximum Gasteiger partial charge on any atom is 0.257 e. The summed E-state index contributed by atoms with van der Waals surface area (Å²) in [5.41, 5.74) is 1.84. The normalized spacial score (nSPS) is 18.4. The molecule has 1 aliphatic heterocycles. The number of nitrogens with one attached hydrogen (secondary N) is 2. The molecule has 0 unspecified atom stereocenters. The van der Waals surface area contributed by atoms with Gasteiger partial charge in [0.1, 0.15) is 17.8 Å². The Hall–Kier alpha value is -2.44. The van der Waals surface area contributed by atoms with Gasteiger partial charge in [-0.15, -0.1) is 0 Å². The fraction of sp³-hybridized carbons (Fsp3) is 0.278. The maximum atomic E-state index is 12.4. The summed E-state index contributed by atoms with van der Waals surface area (Å²) in [6.07, 6.45) is 3.53. The van der Waals surface area contributed by atoms with Crippen LogP contribution >= 0.6 is 11.8 Å². The monoisotopic (exact) mass is 355 g/mol. The van der Waals surface area contributed by atoms with Crippen LogP contribution < -0.4 is 10.9 Å². The molecule has 1 saturated heterocycles. The largest absolute Gasteiger partial charge is 0.365 e. The highest BCUT2D eigenvalue weighted by molar-refractivity contribution is 6.13. The third-order valence-electron chi connectivity index (χ3n) is 4.45. The standard InChI is InChI=1S/C18H18ClN5O/c19-24-8-4-7-13(10-24)22-16-15-9-14(12-5-2-1-3-6-12)18(25)23-17(15)21-11-20-16/h1-3,5-6,9,11,13H,4,7-8,10H2,(H2,20,21,22,23,25)/t13-/m1/s1. The van der Waals surface area contributed by atoms with Gasteiger partial charge in [0.15, 0.2) is 0 Å². The van der Waals surface area contributed by atoms with E-state index in [0.717, 1.165) is 42.7 Å². The number of anilines is 1. The van der Waals surface area contributed by atoms with Crippen molar-refractivity contribution < 1.29 is 0 Å². The van der Waals surface area contributed by atoms with E-state index in [1.807, 2.05) is 36.4 Å². The molecule has 0 amide bonds. The van der Waals surface area contributed by atoms with Crippen LogP contribution in [0.5, 0.6) is 0 Å². The smallest absolute Gasteiger partial charge is 0.257 e. The summed E-state index contributed by atoms with van der Waals surface area (Å²) < 4.78 is 1.79. The van der Waals surface area contributed by atoms with E-state index in [1.165, 1.54) is 6.33 Å². The van der Waals surface area contributed by atoms with Crippen molar-refractivity contribution in [2.24, 2.45) is 0 Å². The van der Waals surface area contributed by atoms with Crippen LogP contribution in [0.15, 0.2) is 47.5 Å². The molecular formula is C18H18ClN5O. The number of hydrogen-bond acceptors (Lipinski definition) is 5. The molecule has 1 atom stereocenters. The van der Waals surface area contributed by atoms with E-state index in [2.05, 4.69) is 20.3 Å². The molecule has 0 aliphatic carbocycles. The third-order valence-corrected chi connectivity index (χ3v) is 4.75. The lowest BCUT2D eigenvalue weighted by Crippen LogP contribution is -2.37. The Morgan fingerprint density at radius 3 is 2.88 bits per heavy atom. The van der Waals surface area contributed by atoms with Gasteiger partial charge in [-0.05, 0) is 36.2 Å². The molecule has 3 heterocycles. The van der Waals surface area contributed by atoms with Crippen LogP contribution in [0.4, 0.5) is 5.82 Å². The van der Waals surface area contributed by atoms with E-state index in [1.54, 1.807) is 4.42 Å². The highest BCUT2D eigenvalue weighted by Gasteiger charge is 2.20. The molecule has 4 rings (SSSR count). The average molecular weight is 356 g/mol. The van der Waals surface area contributed by atoms with Crippen molar-refractivity contribution in [3.05, 3.63) is 53.1 Å². The zero-order chi connectivity index (χ0) is 17.2. The van der Waals surface area contributed by atoms with Crippen LogP contribution in [0.3, 0.4) is 0 Å². The summed E-state index contributed by atoms with van der Waals surface area (Å²) in [7, 11) is 0. The van der Waals surface area contributed by atoms with E-state index >= 15 is 0 Å². The number of halogens is 1. The molecule has 128 valence electrons. The Bertz CT molecular complexity index is 943. The van der Waals surface area contributed by atoms with E-state index in [4.69, 9.17) is 11.8 Å². The number of rotatable bonds is 3. The second kappa shape index (κ2) is 6.82. The first-order valence-corrected chi connectivity index (χ1v) is 8.65. The second-order valence-electron chi connectivity index (χ2n) is 6.22. The number of nitrogens with zero attached hydrogens (tertiary/aromatic N) is 3. The van der Waals surface area contributed by atoms with Crippen molar-refractivity contribution in [2.75, 3.05) is 18.4 Å². The van der Waals surface area contributed by atoms with Gasteiger partial charge in [-0.2, -0.15) is 0 Å². The minimum absolute atomic E-state index is 0.159. The molecule has 1 fully saturated rings. The molecule has 0 saturated carbocycles. The number of fused-ring (bicyclic) bond motifs is 1. The Morgan fingerprint density at radius 2 is 2.08 bits per heavy atom. The Balaban J connectivity index is 1.76. The summed E-state index contributed by atoms with van der Waals surface area (Å²) in [6, 6.07) is 11.7. The fourth-order valence-corrected chi connectivity index (χ4v) is 3.49. The minimum Gasteiger partial charge on any atom is -0.365 e. The number of hydrogen-bond donors (Lipinski definition) is 2. The molecule has 25 heavy (non-hydrogen) atoms. The predicted molar refractivity (Wildman–Crippen MR) is 99.7 cm³/mol. The predicted octanol–water partition coefficient (Wildman–Crippen LogP) is 3.02. The van der Waals surface area contributed by atoms with Gasteiger partial charge < -0.3 is 10.3 Å². The first-order valence-electron chi connectivity index (χ1n) is 8.31. The molecule has 0 bridgehead atoms. The van der Waals surface area contributed by atoms with Gasteiger partial charge in [-0.1, -0.05) is 30.3 Å². The van der Waals surface area contributed by atoms with Crippen LogP contribution in [0.2, 0.25) is 0 Å². The summed E-state index contributed by atoms with van der Waals surface area (Å²) in [5, 5.41) is 4.25. The number of pyridine rings is 1. The molecule has 1 aliphatic rings. The molecule has 6 nitrogen and oxygen atoms in total. The van der Waals surface area contributed by atoms with Crippen LogP contribution in [0.25, 0.3) is 22.2 Å².